The second-order valence-electron chi connectivity index (χ2n) is 8.54. The summed E-state index contributed by atoms with van der Waals surface area (Å²) in [6, 6.07) is 7.33. The standard InChI is InChI=1S/C25H26F3NO6/c1-32-21-12-16-11-20(24(31)33-2)29(14-17(16)13-22(21)34-18-5-3-4-6-18)23(30)15-7-9-19(10-8-15)35-25(26,27)28/h7-10,12-13,18,20H,3-6,11,14H2,1-2H3. The average molecular weight is 493 g/mol. The van der Waals surface area contributed by atoms with Gasteiger partial charge in [-0.15, -0.1) is 13.2 Å². The molecule has 0 radical (unpaired) electrons. The number of ether oxygens (including phenoxy) is 4. The van der Waals surface area contributed by atoms with Crippen molar-refractivity contribution >= 4 is 11.9 Å². The van der Waals surface area contributed by atoms with Gasteiger partial charge in [-0.05, 0) is 73.2 Å². The Morgan fingerprint density at radius 1 is 0.971 bits per heavy atom. The summed E-state index contributed by atoms with van der Waals surface area (Å²) in [5.41, 5.74) is 1.74. The van der Waals surface area contributed by atoms with Crippen LogP contribution in [0.15, 0.2) is 36.4 Å². The molecule has 1 saturated carbocycles. The normalized spacial score (nSPS) is 18.1. The van der Waals surface area contributed by atoms with Crippen LogP contribution in [-0.4, -0.2) is 49.5 Å². The van der Waals surface area contributed by atoms with Gasteiger partial charge >= 0.3 is 12.3 Å². The number of esters is 1. The number of nitrogens with zero attached hydrogens (tertiary/aromatic N) is 1. The number of carbonyl (C=O) groups is 2. The lowest BCUT2D eigenvalue weighted by atomic mass is 9.92. The number of benzene rings is 2. The maximum absolute atomic E-state index is 13.3. The molecule has 4 rings (SSSR count). The average Bonchev–Trinajstić information content (AvgIpc) is 3.34. The lowest BCUT2D eigenvalue weighted by molar-refractivity contribution is -0.274. The first-order valence-electron chi connectivity index (χ1n) is 11.3. The van der Waals surface area contributed by atoms with Gasteiger partial charge in [0.1, 0.15) is 11.8 Å². The van der Waals surface area contributed by atoms with Crippen molar-refractivity contribution in [3.8, 4) is 17.2 Å². The van der Waals surface area contributed by atoms with Crippen molar-refractivity contribution in [2.24, 2.45) is 0 Å². The molecule has 1 fully saturated rings. The molecule has 2 aromatic rings. The van der Waals surface area contributed by atoms with Crippen molar-refractivity contribution < 1.29 is 41.7 Å². The van der Waals surface area contributed by atoms with Gasteiger partial charge in [-0.1, -0.05) is 0 Å². The Hall–Kier alpha value is -3.43. The van der Waals surface area contributed by atoms with Gasteiger partial charge in [0.25, 0.3) is 5.91 Å². The van der Waals surface area contributed by atoms with Crippen LogP contribution >= 0.6 is 0 Å². The Kier molecular flexibility index (Phi) is 7.09. The minimum Gasteiger partial charge on any atom is -0.493 e. The quantitative estimate of drug-likeness (QED) is 0.546. The van der Waals surface area contributed by atoms with Gasteiger partial charge in [0.2, 0.25) is 0 Å². The summed E-state index contributed by atoms with van der Waals surface area (Å²) in [5.74, 6) is -0.414. The number of rotatable bonds is 6. The molecule has 2 aromatic carbocycles. The van der Waals surface area contributed by atoms with E-state index in [-0.39, 0.29) is 24.6 Å². The van der Waals surface area contributed by atoms with E-state index in [1.165, 1.54) is 24.1 Å². The zero-order valence-corrected chi connectivity index (χ0v) is 19.4. The van der Waals surface area contributed by atoms with E-state index in [0.717, 1.165) is 48.9 Å². The van der Waals surface area contributed by atoms with Gasteiger partial charge in [-0.25, -0.2) is 4.79 Å². The summed E-state index contributed by atoms with van der Waals surface area (Å²) < 4.78 is 57.9. The number of alkyl halides is 3. The van der Waals surface area contributed by atoms with Gasteiger partial charge in [0, 0.05) is 18.5 Å². The Bertz CT molecular complexity index is 1080. The van der Waals surface area contributed by atoms with Crippen molar-refractivity contribution in [2.75, 3.05) is 14.2 Å². The molecular weight excluding hydrogens is 467 g/mol. The van der Waals surface area contributed by atoms with Crippen LogP contribution < -0.4 is 14.2 Å². The molecule has 10 heteroatoms. The molecule has 0 aromatic heterocycles. The Morgan fingerprint density at radius 3 is 2.23 bits per heavy atom. The fraction of sp³-hybridized carbons (Fsp3) is 0.440. The van der Waals surface area contributed by atoms with E-state index >= 15 is 0 Å². The van der Waals surface area contributed by atoms with E-state index < -0.39 is 30.0 Å². The van der Waals surface area contributed by atoms with E-state index in [1.807, 2.05) is 12.1 Å². The fourth-order valence-electron chi connectivity index (χ4n) is 4.56. The first-order valence-corrected chi connectivity index (χ1v) is 11.3. The summed E-state index contributed by atoms with van der Waals surface area (Å²) in [7, 11) is 2.79. The molecular formula is C25H26F3NO6. The van der Waals surface area contributed by atoms with Gasteiger partial charge in [0.05, 0.1) is 20.3 Å². The van der Waals surface area contributed by atoms with Crippen LogP contribution in [0.2, 0.25) is 0 Å². The highest BCUT2D eigenvalue weighted by Gasteiger charge is 2.37. The van der Waals surface area contributed by atoms with Gasteiger partial charge in [-0.2, -0.15) is 0 Å². The molecule has 1 amide bonds. The van der Waals surface area contributed by atoms with Crippen molar-refractivity contribution in [1.82, 2.24) is 4.90 Å². The van der Waals surface area contributed by atoms with Crippen molar-refractivity contribution in [3.05, 3.63) is 53.1 Å². The summed E-state index contributed by atoms with van der Waals surface area (Å²) in [6.45, 7) is 0.0970. The summed E-state index contributed by atoms with van der Waals surface area (Å²) >= 11 is 0. The number of halogens is 3. The highest BCUT2D eigenvalue weighted by molar-refractivity contribution is 5.97. The zero-order valence-electron chi connectivity index (χ0n) is 19.4. The lowest BCUT2D eigenvalue weighted by Crippen LogP contribution is -2.49. The summed E-state index contributed by atoms with van der Waals surface area (Å²) in [4.78, 5) is 27.3. The highest BCUT2D eigenvalue weighted by Crippen LogP contribution is 2.38. The maximum atomic E-state index is 13.3. The third-order valence-electron chi connectivity index (χ3n) is 6.28. The number of hydrogen-bond acceptors (Lipinski definition) is 6. The lowest BCUT2D eigenvalue weighted by Gasteiger charge is -2.35. The van der Waals surface area contributed by atoms with E-state index in [4.69, 9.17) is 14.2 Å². The topological polar surface area (TPSA) is 74.3 Å². The van der Waals surface area contributed by atoms with Crippen molar-refractivity contribution in [1.29, 1.82) is 0 Å². The van der Waals surface area contributed by atoms with E-state index in [9.17, 15) is 22.8 Å². The summed E-state index contributed by atoms with van der Waals surface area (Å²) in [6.07, 6.45) is -0.405. The summed E-state index contributed by atoms with van der Waals surface area (Å²) in [5, 5.41) is 0. The molecule has 0 N–H and O–H groups in total. The zero-order chi connectivity index (χ0) is 25.2. The predicted molar refractivity (Wildman–Crippen MR) is 118 cm³/mol. The van der Waals surface area contributed by atoms with Crippen LogP contribution in [0.5, 0.6) is 17.2 Å². The first kappa shape index (κ1) is 24.7. The molecule has 1 atom stereocenters. The largest absolute Gasteiger partial charge is 0.573 e. The molecule has 1 heterocycles. The third kappa shape index (κ3) is 5.63. The maximum Gasteiger partial charge on any atom is 0.573 e. The van der Waals surface area contributed by atoms with E-state index in [1.54, 1.807) is 7.11 Å². The minimum atomic E-state index is -4.84. The number of methoxy groups -OCH3 is 2. The van der Waals surface area contributed by atoms with Crippen LogP contribution in [-0.2, 0) is 22.5 Å². The SMILES string of the molecule is COC(=O)C1Cc2cc(OC)c(OC3CCCC3)cc2CN1C(=O)c1ccc(OC(F)(F)F)cc1. The third-order valence-corrected chi connectivity index (χ3v) is 6.28. The molecule has 7 nitrogen and oxygen atoms in total. The predicted octanol–water partition coefficient (Wildman–Crippen LogP) is 4.66. The van der Waals surface area contributed by atoms with Crippen LogP contribution in [0.3, 0.4) is 0 Å². The minimum absolute atomic E-state index is 0.0970. The molecule has 0 saturated heterocycles. The second kappa shape index (κ2) is 10.1. The van der Waals surface area contributed by atoms with Crippen LogP contribution in [0.4, 0.5) is 13.2 Å². The Labute approximate surface area is 200 Å². The number of amides is 1. The molecule has 0 spiro atoms. The van der Waals surface area contributed by atoms with Crippen molar-refractivity contribution in [2.45, 2.75) is 57.2 Å². The van der Waals surface area contributed by atoms with Crippen LogP contribution in [0.25, 0.3) is 0 Å². The molecule has 2 aliphatic rings. The Morgan fingerprint density at radius 2 is 1.63 bits per heavy atom. The number of hydrogen-bond donors (Lipinski definition) is 0. The first-order chi connectivity index (χ1) is 16.7. The van der Waals surface area contributed by atoms with Crippen LogP contribution in [0, 0.1) is 0 Å². The fourth-order valence-corrected chi connectivity index (χ4v) is 4.56. The van der Waals surface area contributed by atoms with Gasteiger partial charge < -0.3 is 23.8 Å². The molecule has 188 valence electrons. The molecule has 1 aliphatic carbocycles. The highest BCUT2D eigenvalue weighted by atomic mass is 19.4. The van der Waals surface area contributed by atoms with Crippen LogP contribution in [0.1, 0.15) is 47.2 Å². The Balaban J connectivity index is 1.62. The van der Waals surface area contributed by atoms with Crippen molar-refractivity contribution in [3.63, 3.8) is 0 Å². The molecule has 0 bridgehead atoms. The van der Waals surface area contributed by atoms with E-state index in [2.05, 4.69) is 4.74 Å². The second-order valence-corrected chi connectivity index (χ2v) is 8.54. The van der Waals surface area contributed by atoms with Gasteiger partial charge in [-0.3, -0.25) is 4.79 Å². The molecule has 35 heavy (non-hydrogen) atoms. The van der Waals surface area contributed by atoms with Gasteiger partial charge in [0.15, 0.2) is 11.5 Å². The monoisotopic (exact) mass is 493 g/mol. The van der Waals surface area contributed by atoms with E-state index in [0.29, 0.717) is 11.5 Å². The molecule has 1 aliphatic heterocycles. The number of carbonyl (C=O) groups excluding carboxylic acids is 2. The smallest absolute Gasteiger partial charge is 0.493 e. The number of fused-ring (bicyclic) bond motifs is 1. The molecule has 1 unspecified atom stereocenters.